The van der Waals surface area contributed by atoms with Crippen LogP contribution in [-0.4, -0.2) is 122 Å². The predicted molar refractivity (Wildman–Crippen MR) is 122 cm³/mol. The van der Waals surface area contributed by atoms with Gasteiger partial charge in [-0.15, -0.1) is 0 Å². The maximum atomic E-state index is 12.9. The highest BCUT2D eigenvalue weighted by molar-refractivity contribution is 5.80. The molecule has 0 radical (unpaired) electrons. The van der Waals surface area contributed by atoms with Gasteiger partial charge in [0.25, 0.3) is 0 Å². The number of amides is 4. The van der Waals surface area contributed by atoms with E-state index in [2.05, 4.69) is 0 Å². The molecule has 4 unspecified atom stereocenters. The van der Waals surface area contributed by atoms with Gasteiger partial charge in [-0.3, -0.25) is 19.6 Å². The van der Waals surface area contributed by atoms with E-state index in [9.17, 15) is 30.0 Å². The molecule has 12 nitrogen and oxygen atoms in total. The van der Waals surface area contributed by atoms with Gasteiger partial charge < -0.3 is 29.9 Å². The molecular weight excluding hydrogens is 460 g/mol. The zero-order valence-electron chi connectivity index (χ0n) is 20.3. The normalized spacial score (nSPS) is 31.3. The van der Waals surface area contributed by atoms with Gasteiger partial charge in [-0.25, -0.2) is 9.59 Å². The lowest BCUT2D eigenvalue weighted by Crippen LogP contribution is -2.48. The van der Waals surface area contributed by atoms with Gasteiger partial charge >= 0.3 is 12.1 Å². The number of carbonyl (C=O) groups excluding carboxylic acids is 2. The Labute approximate surface area is 206 Å². The smallest absolute Gasteiger partial charge is 0.325 e. The van der Waals surface area contributed by atoms with Crippen LogP contribution in [0.2, 0.25) is 0 Å². The van der Waals surface area contributed by atoms with Gasteiger partial charge in [-0.05, 0) is 25.7 Å². The molecule has 2 heterocycles. The molecule has 2 saturated heterocycles. The summed E-state index contributed by atoms with van der Waals surface area (Å²) in [6.45, 7) is 0.162. The number of aliphatic hydroxyl groups is 4. The Morgan fingerprint density at radius 2 is 0.914 bits per heavy atom. The summed E-state index contributed by atoms with van der Waals surface area (Å²) in [5.41, 5.74) is 0. The molecule has 2 saturated carbocycles. The van der Waals surface area contributed by atoms with E-state index >= 15 is 0 Å². The summed E-state index contributed by atoms with van der Waals surface area (Å²) < 4.78 is 11.7. The quantitative estimate of drug-likeness (QED) is 0.337. The molecule has 4 atom stereocenters. The van der Waals surface area contributed by atoms with Crippen molar-refractivity contribution >= 4 is 12.1 Å². The fraction of sp³-hybridized carbons (Fsp3) is 0.913. The Morgan fingerprint density at radius 3 is 1.29 bits per heavy atom. The van der Waals surface area contributed by atoms with E-state index in [1.807, 2.05) is 0 Å². The van der Waals surface area contributed by atoms with Crippen molar-refractivity contribution in [1.82, 2.24) is 19.6 Å². The molecule has 4 N–H and O–H groups in total. The highest BCUT2D eigenvalue weighted by Crippen LogP contribution is 2.26. The van der Waals surface area contributed by atoms with E-state index in [0.717, 1.165) is 71.0 Å². The molecule has 4 amide bonds. The van der Waals surface area contributed by atoms with Crippen LogP contribution in [0.15, 0.2) is 0 Å². The van der Waals surface area contributed by atoms with E-state index in [0.29, 0.717) is 0 Å². The third kappa shape index (κ3) is 6.00. The zero-order chi connectivity index (χ0) is 24.9. The van der Waals surface area contributed by atoms with E-state index in [1.165, 1.54) is 12.8 Å². The van der Waals surface area contributed by atoms with Gasteiger partial charge in [0, 0.05) is 13.1 Å². The minimum Gasteiger partial charge on any atom is -0.376 e. The van der Waals surface area contributed by atoms with Gasteiger partial charge in [-0.1, -0.05) is 38.5 Å². The Kier molecular flexibility index (Phi) is 9.06. The number of hydrogen-bond donors (Lipinski definition) is 4. The van der Waals surface area contributed by atoms with Crippen molar-refractivity contribution in [3.05, 3.63) is 0 Å². The number of carbonyl (C=O) groups is 2. The van der Waals surface area contributed by atoms with Crippen LogP contribution in [0.25, 0.3) is 0 Å². The first-order chi connectivity index (χ1) is 16.9. The predicted octanol–water partition coefficient (Wildman–Crippen LogP) is 0.391. The molecule has 4 rings (SSSR count). The fourth-order valence-electron chi connectivity index (χ4n) is 5.43. The molecule has 0 aromatic carbocycles. The van der Waals surface area contributed by atoms with Gasteiger partial charge in [0.15, 0.2) is 24.9 Å². The number of urea groups is 2. The monoisotopic (exact) mass is 500 g/mol. The number of nitrogens with zero attached hydrogens (tertiary/aromatic N) is 4. The second-order valence-corrected chi connectivity index (χ2v) is 9.95. The van der Waals surface area contributed by atoms with Gasteiger partial charge in [0.1, 0.15) is 6.67 Å². The Hall–Kier alpha value is -1.70. The number of ether oxygens (including phenoxy) is 2. The molecule has 0 aromatic rings. The maximum Gasteiger partial charge on any atom is 0.325 e. The maximum absolute atomic E-state index is 12.9. The summed E-state index contributed by atoms with van der Waals surface area (Å²) in [6.07, 6.45) is 4.91. The van der Waals surface area contributed by atoms with Crippen molar-refractivity contribution in [2.45, 2.75) is 101 Å². The molecule has 35 heavy (non-hydrogen) atoms. The van der Waals surface area contributed by atoms with Gasteiger partial charge in [-0.2, -0.15) is 0 Å². The van der Waals surface area contributed by atoms with Gasteiger partial charge in [0.2, 0.25) is 0 Å². The van der Waals surface area contributed by atoms with Crippen LogP contribution >= 0.6 is 0 Å². The third-order valence-corrected chi connectivity index (χ3v) is 7.57. The van der Waals surface area contributed by atoms with Crippen LogP contribution in [-0.2, 0) is 9.47 Å². The largest absolute Gasteiger partial charge is 0.376 e. The van der Waals surface area contributed by atoms with E-state index in [1.54, 1.807) is 0 Å². The van der Waals surface area contributed by atoms with E-state index in [4.69, 9.17) is 9.47 Å². The molecule has 4 aliphatic rings. The Balaban J connectivity index is 1.27. The van der Waals surface area contributed by atoms with Crippen molar-refractivity contribution in [2.24, 2.45) is 0 Å². The fourth-order valence-corrected chi connectivity index (χ4v) is 5.43. The van der Waals surface area contributed by atoms with Crippen molar-refractivity contribution in [3.8, 4) is 0 Å². The summed E-state index contributed by atoms with van der Waals surface area (Å²) in [6, 6.07) is -1.35. The number of rotatable bonds is 10. The molecule has 0 spiro atoms. The Morgan fingerprint density at radius 1 is 0.571 bits per heavy atom. The molecule has 4 fully saturated rings. The lowest BCUT2D eigenvalue weighted by molar-refractivity contribution is -0.101. The van der Waals surface area contributed by atoms with Crippen molar-refractivity contribution in [1.29, 1.82) is 0 Å². The van der Waals surface area contributed by atoms with Crippen LogP contribution in [0.3, 0.4) is 0 Å². The van der Waals surface area contributed by atoms with Crippen LogP contribution < -0.4 is 0 Å². The molecular formula is C23H40N4O8. The zero-order valence-corrected chi connectivity index (χ0v) is 20.3. The number of hydrogen-bond acceptors (Lipinski definition) is 8. The van der Waals surface area contributed by atoms with E-state index in [-0.39, 0.29) is 38.5 Å². The topological polar surface area (TPSA) is 146 Å². The van der Waals surface area contributed by atoms with Crippen molar-refractivity contribution < 1.29 is 39.5 Å². The number of aliphatic hydroxyl groups excluding tert-OH is 4. The second kappa shape index (κ2) is 12.0. The summed E-state index contributed by atoms with van der Waals surface area (Å²) in [5, 5.41) is 41.7. The molecule has 2 aliphatic heterocycles. The third-order valence-electron chi connectivity index (χ3n) is 7.57. The molecule has 0 bridgehead atoms. The van der Waals surface area contributed by atoms with E-state index < -0.39 is 43.6 Å². The first-order valence-corrected chi connectivity index (χ1v) is 13.0. The SMILES string of the molecule is O=C1N(CCOC2CCCCC2)C(O)C(O)N1CN1C(=O)N(CCOC2CCCCC2)C(O)C1O. The minimum absolute atomic E-state index is 0.0911. The highest BCUT2D eigenvalue weighted by atomic mass is 16.5. The molecule has 12 heteroatoms. The van der Waals surface area contributed by atoms with Crippen molar-refractivity contribution in [3.63, 3.8) is 0 Å². The van der Waals surface area contributed by atoms with Crippen molar-refractivity contribution in [2.75, 3.05) is 33.0 Å². The van der Waals surface area contributed by atoms with Gasteiger partial charge in [0.05, 0.1) is 25.4 Å². The van der Waals surface area contributed by atoms with Crippen LogP contribution in [0.1, 0.15) is 64.2 Å². The average molecular weight is 501 g/mol. The first kappa shape index (κ1) is 26.4. The summed E-state index contributed by atoms with van der Waals surface area (Å²) >= 11 is 0. The summed E-state index contributed by atoms with van der Waals surface area (Å²) in [5.74, 6) is 0. The molecule has 0 aromatic heterocycles. The van der Waals surface area contributed by atoms with Crippen LogP contribution in [0.5, 0.6) is 0 Å². The standard InChI is InChI=1S/C23H40N4O8/c28-18-20(30)26(22(32)24(18)11-13-34-16-7-3-1-4-8-16)15-27-21(31)19(29)25(23(27)33)12-14-35-17-9-5-2-6-10-17/h16-21,28-31H,1-15H2. The van der Waals surface area contributed by atoms with Crippen LogP contribution in [0.4, 0.5) is 9.59 Å². The lowest BCUT2D eigenvalue weighted by atomic mass is 9.98. The minimum atomic E-state index is -1.59. The highest BCUT2D eigenvalue weighted by Gasteiger charge is 2.50. The van der Waals surface area contributed by atoms with Crippen LogP contribution in [0, 0.1) is 0 Å². The first-order valence-electron chi connectivity index (χ1n) is 13.0. The average Bonchev–Trinajstić information content (AvgIpc) is 3.20. The Bertz CT molecular complexity index is 660. The molecule has 200 valence electrons. The second-order valence-electron chi connectivity index (χ2n) is 9.95. The molecule has 2 aliphatic carbocycles. The summed E-state index contributed by atoms with van der Waals surface area (Å²) in [7, 11) is 0. The lowest BCUT2D eigenvalue weighted by Gasteiger charge is -2.27. The summed E-state index contributed by atoms with van der Waals surface area (Å²) in [4.78, 5) is 29.7.